The Morgan fingerprint density at radius 1 is 1.13 bits per heavy atom. The van der Waals surface area contributed by atoms with E-state index in [-0.39, 0.29) is 0 Å². The van der Waals surface area contributed by atoms with Crippen LogP contribution in [0.4, 0.5) is 0 Å². The zero-order valence-corrected chi connectivity index (χ0v) is 8.69. The average molecular weight is 244 g/mol. The third-order valence-corrected chi connectivity index (χ3v) is 2.53. The number of ether oxygens (including phenoxy) is 1. The molecule has 0 spiro atoms. The lowest BCUT2D eigenvalue weighted by Gasteiger charge is -2.38. The lowest BCUT2D eigenvalue weighted by molar-refractivity contribution is -0.271. The maximum Gasteiger partial charge on any atom is 0.472 e. The SMILES string of the molecule is C[C@H]1O[C@H](OP(=O)(O)O)[C@H](O)[C@@H](O)[C@@H]1O. The third-order valence-electron chi connectivity index (χ3n) is 2.05. The molecule has 15 heavy (non-hydrogen) atoms. The van der Waals surface area contributed by atoms with Crippen LogP contribution < -0.4 is 0 Å². The first-order valence-electron chi connectivity index (χ1n) is 4.16. The second-order valence-corrected chi connectivity index (χ2v) is 4.47. The first-order valence-corrected chi connectivity index (χ1v) is 5.69. The second-order valence-electron chi connectivity index (χ2n) is 3.28. The van der Waals surface area contributed by atoms with Crippen LogP contribution in [0.3, 0.4) is 0 Å². The van der Waals surface area contributed by atoms with Gasteiger partial charge in [-0.3, -0.25) is 4.52 Å². The number of phosphoric ester groups is 1. The van der Waals surface area contributed by atoms with Crippen molar-refractivity contribution < 1.29 is 38.9 Å². The molecule has 0 aromatic rings. The van der Waals surface area contributed by atoms with E-state index in [4.69, 9.17) is 14.5 Å². The monoisotopic (exact) mass is 244 g/mol. The normalized spacial score (nSPS) is 42.9. The van der Waals surface area contributed by atoms with E-state index in [0.717, 1.165) is 0 Å². The Kier molecular flexibility index (Phi) is 3.85. The summed E-state index contributed by atoms with van der Waals surface area (Å²) in [7, 11) is -4.82. The number of hydrogen-bond acceptors (Lipinski definition) is 6. The summed E-state index contributed by atoms with van der Waals surface area (Å²) in [6.45, 7) is 1.37. The van der Waals surface area contributed by atoms with Crippen LogP contribution in [0.1, 0.15) is 6.92 Å². The molecule has 1 fully saturated rings. The van der Waals surface area contributed by atoms with Crippen LogP contribution in [-0.2, 0) is 13.8 Å². The maximum atomic E-state index is 10.5. The van der Waals surface area contributed by atoms with Crippen LogP contribution in [0.5, 0.6) is 0 Å². The molecule has 8 nitrogen and oxygen atoms in total. The number of phosphoric acid groups is 1. The topological polar surface area (TPSA) is 137 Å². The van der Waals surface area contributed by atoms with Crippen LogP contribution in [0.2, 0.25) is 0 Å². The number of aliphatic hydroxyl groups is 3. The summed E-state index contributed by atoms with van der Waals surface area (Å²) >= 11 is 0. The third kappa shape index (κ3) is 3.20. The molecule has 1 heterocycles. The molecule has 5 N–H and O–H groups in total. The van der Waals surface area contributed by atoms with Crippen LogP contribution in [0, 0.1) is 0 Å². The molecule has 0 saturated carbocycles. The lowest BCUT2D eigenvalue weighted by Crippen LogP contribution is -2.57. The van der Waals surface area contributed by atoms with E-state index in [1.54, 1.807) is 0 Å². The molecule has 1 aliphatic rings. The predicted octanol–water partition coefficient (Wildman–Crippen LogP) is -2.08. The van der Waals surface area contributed by atoms with Gasteiger partial charge in [-0.1, -0.05) is 0 Å². The summed E-state index contributed by atoms with van der Waals surface area (Å²) in [5, 5.41) is 27.8. The summed E-state index contributed by atoms with van der Waals surface area (Å²) in [5.74, 6) is 0. The molecule has 1 aliphatic heterocycles. The maximum absolute atomic E-state index is 10.5. The molecule has 0 aromatic carbocycles. The minimum Gasteiger partial charge on any atom is -0.388 e. The van der Waals surface area contributed by atoms with Crippen molar-refractivity contribution in [2.75, 3.05) is 0 Å². The van der Waals surface area contributed by atoms with Gasteiger partial charge in [0.05, 0.1) is 6.10 Å². The van der Waals surface area contributed by atoms with Crippen molar-refractivity contribution in [1.82, 2.24) is 0 Å². The Balaban J connectivity index is 2.71. The quantitative estimate of drug-likeness (QED) is 0.349. The molecule has 0 aromatic heterocycles. The Hall–Kier alpha value is -0.0500. The molecule has 9 heteroatoms. The highest BCUT2D eigenvalue weighted by atomic mass is 31.2. The predicted molar refractivity (Wildman–Crippen MR) is 45.5 cm³/mol. The van der Waals surface area contributed by atoms with Gasteiger partial charge in [0.15, 0.2) is 6.29 Å². The Morgan fingerprint density at radius 2 is 1.67 bits per heavy atom. The van der Waals surface area contributed by atoms with Gasteiger partial charge >= 0.3 is 7.82 Å². The first-order chi connectivity index (χ1) is 6.72. The standard InChI is InChI=1S/C6H13O8P/c1-2-3(7)4(8)5(9)6(13-2)14-15(10,11)12/h2-9H,1H3,(H2,10,11,12)/t2-,3-,4+,5-,6-/m1/s1. The molecule has 0 aliphatic carbocycles. The summed E-state index contributed by atoms with van der Waals surface area (Å²) in [6, 6.07) is 0. The Labute approximate surface area is 85.3 Å². The zero-order valence-electron chi connectivity index (χ0n) is 7.79. The Morgan fingerprint density at radius 3 is 2.13 bits per heavy atom. The van der Waals surface area contributed by atoms with Gasteiger partial charge in [0, 0.05) is 0 Å². The summed E-state index contributed by atoms with van der Waals surface area (Å²) < 4.78 is 19.4. The van der Waals surface area contributed by atoms with Gasteiger partial charge in [-0.2, -0.15) is 0 Å². The second kappa shape index (κ2) is 4.44. The van der Waals surface area contributed by atoms with Crippen LogP contribution in [0.15, 0.2) is 0 Å². The van der Waals surface area contributed by atoms with Crippen molar-refractivity contribution >= 4 is 7.82 Å². The van der Waals surface area contributed by atoms with Gasteiger partial charge in [-0.05, 0) is 6.92 Å². The summed E-state index contributed by atoms with van der Waals surface area (Å²) in [6.07, 6.45) is -7.20. The molecule has 5 atom stereocenters. The minimum atomic E-state index is -4.82. The van der Waals surface area contributed by atoms with E-state index in [2.05, 4.69) is 4.52 Å². The molecule has 0 amide bonds. The first kappa shape index (κ1) is 13.0. The van der Waals surface area contributed by atoms with Crippen molar-refractivity contribution in [3.8, 4) is 0 Å². The molecule has 0 bridgehead atoms. The van der Waals surface area contributed by atoms with Crippen molar-refractivity contribution in [2.45, 2.75) is 37.6 Å². The molecule has 0 unspecified atom stereocenters. The molecule has 1 rings (SSSR count). The van der Waals surface area contributed by atoms with Gasteiger partial charge in [0.25, 0.3) is 0 Å². The highest BCUT2D eigenvalue weighted by molar-refractivity contribution is 7.46. The molecular weight excluding hydrogens is 231 g/mol. The zero-order chi connectivity index (χ0) is 11.8. The van der Waals surface area contributed by atoms with E-state index < -0.39 is 38.5 Å². The van der Waals surface area contributed by atoms with Gasteiger partial charge in [0.1, 0.15) is 18.3 Å². The van der Waals surface area contributed by atoms with Crippen LogP contribution in [0.25, 0.3) is 0 Å². The highest BCUT2D eigenvalue weighted by Gasteiger charge is 2.44. The van der Waals surface area contributed by atoms with E-state index >= 15 is 0 Å². The van der Waals surface area contributed by atoms with Gasteiger partial charge in [-0.15, -0.1) is 0 Å². The van der Waals surface area contributed by atoms with E-state index in [0.29, 0.717) is 0 Å². The van der Waals surface area contributed by atoms with E-state index in [9.17, 15) is 19.9 Å². The van der Waals surface area contributed by atoms with Gasteiger partial charge in [0.2, 0.25) is 0 Å². The lowest BCUT2D eigenvalue weighted by atomic mass is 10.0. The Bertz CT molecular complexity index is 264. The molecule has 1 saturated heterocycles. The highest BCUT2D eigenvalue weighted by Crippen LogP contribution is 2.40. The van der Waals surface area contributed by atoms with Crippen molar-refractivity contribution in [3.63, 3.8) is 0 Å². The van der Waals surface area contributed by atoms with Crippen LogP contribution in [-0.4, -0.2) is 55.8 Å². The van der Waals surface area contributed by atoms with Crippen molar-refractivity contribution in [1.29, 1.82) is 0 Å². The molecule has 90 valence electrons. The van der Waals surface area contributed by atoms with Crippen molar-refractivity contribution in [3.05, 3.63) is 0 Å². The molecular formula is C6H13O8P. The number of aliphatic hydroxyl groups excluding tert-OH is 3. The summed E-state index contributed by atoms with van der Waals surface area (Å²) in [5.41, 5.74) is 0. The minimum absolute atomic E-state index is 0.903. The fraction of sp³-hybridized carbons (Fsp3) is 1.00. The molecule has 0 radical (unpaired) electrons. The van der Waals surface area contributed by atoms with Crippen LogP contribution >= 0.6 is 7.82 Å². The smallest absolute Gasteiger partial charge is 0.388 e. The fourth-order valence-electron chi connectivity index (χ4n) is 1.24. The van der Waals surface area contributed by atoms with Gasteiger partial charge < -0.3 is 29.8 Å². The fourth-order valence-corrected chi connectivity index (χ4v) is 1.68. The largest absolute Gasteiger partial charge is 0.472 e. The van der Waals surface area contributed by atoms with Gasteiger partial charge in [-0.25, -0.2) is 4.57 Å². The summed E-state index contributed by atoms with van der Waals surface area (Å²) in [4.78, 5) is 17.0. The number of hydrogen-bond donors (Lipinski definition) is 5. The van der Waals surface area contributed by atoms with E-state index in [1.807, 2.05) is 0 Å². The average Bonchev–Trinajstić information content (AvgIpc) is 2.08. The van der Waals surface area contributed by atoms with Crippen molar-refractivity contribution in [2.24, 2.45) is 0 Å². The number of rotatable bonds is 2. The van der Waals surface area contributed by atoms with E-state index in [1.165, 1.54) is 6.92 Å².